The number of aromatic hydroxyl groups is 1. The van der Waals surface area contributed by atoms with Crippen LogP contribution in [-0.4, -0.2) is 34.8 Å². The van der Waals surface area contributed by atoms with E-state index in [2.05, 4.69) is 19.2 Å². The Balaban J connectivity index is 2.21. The summed E-state index contributed by atoms with van der Waals surface area (Å²) in [4.78, 5) is 0.629. The molecular weight excluding hydrogens is 334 g/mol. The Morgan fingerprint density at radius 2 is 2.14 bits per heavy atom. The van der Waals surface area contributed by atoms with E-state index < -0.39 is 10.0 Å². The Bertz CT molecular complexity index is 746. The average molecular weight is 347 g/mol. The zero-order valence-electron chi connectivity index (χ0n) is 11.3. The number of sulfonamides is 1. The summed E-state index contributed by atoms with van der Waals surface area (Å²) >= 11 is 0.782. The van der Waals surface area contributed by atoms with Crippen LogP contribution in [-0.2, 0) is 25.9 Å². The van der Waals surface area contributed by atoms with Gasteiger partial charge in [0.25, 0.3) is 0 Å². The summed E-state index contributed by atoms with van der Waals surface area (Å²) < 4.78 is 30.1. The van der Waals surface area contributed by atoms with Crippen molar-refractivity contribution in [2.24, 2.45) is 0 Å². The lowest BCUT2D eigenvalue weighted by atomic mass is 10.2. The summed E-state index contributed by atoms with van der Waals surface area (Å²) in [5.74, 6) is -0.189. The molecular formula is C11H13N3O6S2. The van der Waals surface area contributed by atoms with Crippen molar-refractivity contribution in [1.29, 1.82) is 0 Å². The van der Waals surface area contributed by atoms with Crippen LogP contribution in [0.15, 0.2) is 35.2 Å². The lowest BCUT2D eigenvalue weighted by Crippen LogP contribution is -2.11. The minimum Gasteiger partial charge on any atom is -0.493 e. The lowest BCUT2D eigenvalue weighted by molar-refractivity contribution is -0.432. The van der Waals surface area contributed by atoms with Crippen molar-refractivity contribution in [3.8, 4) is 5.88 Å². The number of hydrogen-bond acceptors (Lipinski definition) is 8. The minimum absolute atomic E-state index is 0.0140. The Morgan fingerprint density at radius 3 is 2.82 bits per heavy atom. The fourth-order valence-corrected chi connectivity index (χ4v) is 2.65. The SMILES string of the molecule is CS(=O)(=O)Nc1cc(O)n(Cc2ccccc2SOOO)n1. The van der Waals surface area contributed by atoms with Gasteiger partial charge >= 0.3 is 0 Å². The van der Waals surface area contributed by atoms with Gasteiger partial charge in [-0.15, -0.1) is 4.33 Å². The van der Waals surface area contributed by atoms with E-state index in [1.165, 1.54) is 10.7 Å². The molecule has 0 atom stereocenters. The number of benzene rings is 1. The zero-order valence-corrected chi connectivity index (χ0v) is 13.0. The van der Waals surface area contributed by atoms with E-state index in [-0.39, 0.29) is 18.2 Å². The Labute approximate surface area is 130 Å². The van der Waals surface area contributed by atoms with Crippen LogP contribution < -0.4 is 4.72 Å². The number of rotatable bonds is 7. The normalized spacial score (nSPS) is 11.5. The van der Waals surface area contributed by atoms with Crippen LogP contribution in [0.4, 0.5) is 5.82 Å². The smallest absolute Gasteiger partial charge is 0.231 e. The molecule has 0 fully saturated rings. The molecule has 2 rings (SSSR count). The molecule has 0 unspecified atom stereocenters. The van der Waals surface area contributed by atoms with E-state index in [0.717, 1.165) is 18.3 Å². The van der Waals surface area contributed by atoms with Crippen LogP contribution in [0.25, 0.3) is 0 Å². The van der Waals surface area contributed by atoms with Gasteiger partial charge in [-0.05, 0) is 11.6 Å². The molecule has 11 heteroatoms. The van der Waals surface area contributed by atoms with Crippen molar-refractivity contribution in [3.05, 3.63) is 35.9 Å². The van der Waals surface area contributed by atoms with E-state index in [4.69, 9.17) is 5.26 Å². The summed E-state index contributed by atoms with van der Waals surface area (Å²) in [6, 6.07) is 8.20. The van der Waals surface area contributed by atoms with Crippen LogP contribution in [0, 0.1) is 0 Å². The average Bonchev–Trinajstić information content (AvgIpc) is 2.75. The van der Waals surface area contributed by atoms with E-state index in [0.29, 0.717) is 10.5 Å². The summed E-state index contributed by atoms with van der Waals surface area (Å²) in [5, 5.41) is 25.5. The van der Waals surface area contributed by atoms with Gasteiger partial charge in [0.2, 0.25) is 15.9 Å². The molecule has 0 radical (unpaired) electrons. The van der Waals surface area contributed by atoms with Crippen LogP contribution >= 0.6 is 12.0 Å². The van der Waals surface area contributed by atoms with Gasteiger partial charge in [-0.2, -0.15) is 5.10 Å². The molecule has 0 amide bonds. The zero-order chi connectivity index (χ0) is 16.2. The van der Waals surface area contributed by atoms with E-state index >= 15 is 0 Å². The van der Waals surface area contributed by atoms with Crippen molar-refractivity contribution in [2.45, 2.75) is 11.4 Å². The number of nitrogens with one attached hydrogen (secondary N) is 1. The first-order chi connectivity index (χ1) is 10.4. The highest BCUT2D eigenvalue weighted by Gasteiger charge is 2.12. The fraction of sp³-hybridized carbons (Fsp3) is 0.182. The van der Waals surface area contributed by atoms with Crippen molar-refractivity contribution >= 4 is 27.9 Å². The van der Waals surface area contributed by atoms with E-state index in [9.17, 15) is 13.5 Å². The molecule has 9 nitrogen and oxygen atoms in total. The molecule has 2 aromatic rings. The maximum absolute atomic E-state index is 11.2. The van der Waals surface area contributed by atoms with Gasteiger partial charge in [-0.3, -0.25) is 4.72 Å². The molecule has 0 aliphatic heterocycles. The second-order valence-corrected chi connectivity index (χ2v) is 6.74. The van der Waals surface area contributed by atoms with E-state index in [1.807, 2.05) is 0 Å². The Hall–Kier alpha value is -1.79. The number of hydrogen-bond donors (Lipinski definition) is 3. The lowest BCUT2D eigenvalue weighted by Gasteiger charge is -2.08. The largest absolute Gasteiger partial charge is 0.493 e. The molecule has 0 bridgehead atoms. The van der Waals surface area contributed by atoms with Gasteiger partial charge in [0.15, 0.2) is 5.82 Å². The molecule has 0 saturated heterocycles. The summed E-state index contributed by atoms with van der Waals surface area (Å²) in [7, 11) is -3.48. The van der Waals surface area contributed by atoms with Crippen molar-refractivity contribution in [2.75, 3.05) is 11.0 Å². The molecule has 1 aromatic carbocycles. The summed E-state index contributed by atoms with van der Waals surface area (Å²) in [6.45, 7) is 0.162. The van der Waals surface area contributed by atoms with Crippen molar-refractivity contribution in [1.82, 2.24) is 9.78 Å². The quantitative estimate of drug-likeness (QED) is 0.390. The Kier molecular flexibility index (Phi) is 5.26. The maximum atomic E-state index is 11.2. The van der Waals surface area contributed by atoms with Gasteiger partial charge in [-0.25, -0.2) is 18.4 Å². The standard InChI is InChI=1S/C11H13N3O6S2/c1-22(17,18)13-10-6-11(15)14(12-10)7-8-4-2-3-5-9(8)21-20-19-16/h2-6,15-16H,7H2,1H3,(H,12,13). The van der Waals surface area contributed by atoms with Gasteiger partial charge in [0.05, 0.1) is 24.8 Å². The number of aromatic nitrogens is 2. The van der Waals surface area contributed by atoms with Gasteiger partial charge in [0.1, 0.15) is 0 Å². The van der Waals surface area contributed by atoms with Gasteiger partial charge in [0, 0.05) is 11.0 Å². The van der Waals surface area contributed by atoms with Gasteiger partial charge < -0.3 is 5.11 Å². The number of nitrogens with zero attached hydrogens (tertiary/aromatic N) is 2. The summed E-state index contributed by atoms with van der Waals surface area (Å²) in [6.07, 6.45) is 0.987. The monoisotopic (exact) mass is 347 g/mol. The third-order valence-electron chi connectivity index (χ3n) is 2.50. The van der Waals surface area contributed by atoms with Crippen LogP contribution in [0.5, 0.6) is 5.88 Å². The van der Waals surface area contributed by atoms with Gasteiger partial charge in [-0.1, -0.05) is 23.2 Å². The molecule has 1 heterocycles. The highest BCUT2D eigenvalue weighted by molar-refractivity contribution is 7.94. The third-order valence-corrected chi connectivity index (χ3v) is 3.78. The first-order valence-electron chi connectivity index (χ1n) is 5.86. The molecule has 0 saturated carbocycles. The summed E-state index contributed by atoms with van der Waals surface area (Å²) in [5.41, 5.74) is 0.717. The third kappa shape index (κ3) is 4.61. The van der Waals surface area contributed by atoms with Crippen molar-refractivity contribution < 1.29 is 28.2 Å². The molecule has 120 valence electrons. The minimum atomic E-state index is -3.48. The predicted molar refractivity (Wildman–Crippen MR) is 78.6 cm³/mol. The predicted octanol–water partition coefficient (Wildman–Crippen LogP) is 1.44. The topological polar surface area (TPSA) is 123 Å². The second-order valence-electron chi connectivity index (χ2n) is 4.25. The van der Waals surface area contributed by atoms with E-state index in [1.54, 1.807) is 24.3 Å². The molecule has 3 N–H and O–H groups in total. The molecule has 0 spiro atoms. The highest BCUT2D eigenvalue weighted by atomic mass is 32.2. The second kappa shape index (κ2) is 6.98. The first kappa shape index (κ1) is 16.6. The molecule has 22 heavy (non-hydrogen) atoms. The van der Waals surface area contributed by atoms with Crippen LogP contribution in [0.1, 0.15) is 5.56 Å². The fourth-order valence-electron chi connectivity index (χ4n) is 1.69. The van der Waals surface area contributed by atoms with Crippen LogP contribution in [0.3, 0.4) is 0 Å². The van der Waals surface area contributed by atoms with Crippen molar-refractivity contribution in [3.63, 3.8) is 0 Å². The molecule has 1 aromatic heterocycles. The van der Waals surface area contributed by atoms with Crippen LogP contribution in [0.2, 0.25) is 0 Å². The first-order valence-corrected chi connectivity index (χ1v) is 8.49. The molecule has 0 aliphatic rings. The Morgan fingerprint density at radius 1 is 1.41 bits per heavy atom. The number of anilines is 1. The highest BCUT2D eigenvalue weighted by Crippen LogP contribution is 2.26. The maximum Gasteiger partial charge on any atom is 0.231 e. The molecule has 0 aliphatic carbocycles.